The molecule has 1 fully saturated rings. The van der Waals surface area contributed by atoms with E-state index in [1.807, 2.05) is 44.2 Å². The Morgan fingerprint density at radius 1 is 0.822 bits per heavy atom. The van der Waals surface area contributed by atoms with E-state index in [0.717, 1.165) is 23.6 Å². The summed E-state index contributed by atoms with van der Waals surface area (Å²) in [6.45, 7) is 11.4. The zero-order valence-corrected chi connectivity index (χ0v) is 27.3. The van der Waals surface area contributed by atoms with Crippen molar-refractivity contribution in [1.29, 1.82) is 0 Å². The van der Waals surface area contributed by atoms with E-state index < -0.39 is 28.5 Å². The molecule has 45 heavy (non-hydrogen) atoms. The maximum atomic E-state index is 13.5. The lowest BCUT2D eigenvalue weighted by molar-refractivity contribution is 0.0741. The van der Waals surface area contributed by atoms with Crippen LogP contribution in [0.3, 0.4) is 0 Å². The number of halogens is 2. The maximum absolute atomic E-state index is 13.5. The second-order valence-corrected chi connectivity index (χ2v) is 13.1. The molecule has 0 amide bonds. The summed E-state index contributed by atoms with van der Waals surface area (Å²) in [6.07, 6.45) is 2.24. The van der Waals surface area contributed by atoms with Crippen molar-refractivity contribution in [3.8, 4) is 0 Å². The molecule has 1 aliphatic heterocycles. The number of aliphatic hydroxyl groups is 1. The highest BCUT2D eigenvalue weighted by Crippen LogP contribution is 2.53. The molecule has 1 saturated heterocycles. The van der Waals surface area contributed by atoms with Crippen molar-refractivity contribution < 1.29 is 23.0 Å². The SMILES string of the molecule is CC.CC(C)C.OC(c1ccccc1)C1CCN(S(O)(O)c2ccc(Nc3nccc(Nc4ccc(F)c(F)c4)n3)cc2)CC1. The Morgan fingerprint density at radius 2 is 1.42 bits per heavy atom. The molecular formula is C34H45F2N5O3S. The van der Waals surface area contributed by atoms with Gasteiger partial charge in [-0.15, -0.1) is 10.8 Å². The van der Waals surface area contributed by atoms with E-state index in [2.05, 4.69) is 41.4 Å². The number of nitrogens with zero attached hydrogens (tertiary/aromatic N) is 3. The predicted octanol–water partition coefficient (Wildman–Crippen LogP) is 9.40. The van der Waals surface area contributed by atoms with Gasteiger partial charge >= 0.3 is 0 Å². The number of anilines is 4. The minimum absolute atomic E-state index is 0.0535. The third-order valence-electron chi connectivity index (χ3n) is 6.72. The van der Waals surface area contributed by atoms with Crippen LogP contribution in [0.5, 0.6) is 0 Å². The third-order valence-corrected chi connectivity index (χ3v) is 8.71. The summed E-state index contributed by atoms with van der Waals surface area (Å²) in [5.41, 5.74) is 1.84. The fourth-order valence-corrected chi connectivity index (χ4v) is 6.10. The van der Waals surface area contributed by atoms with Crippen LogP contribution in [0, 0.1) is 23.5 Å². The Kier molecular flexibility index (Phi) is 13.7. The number of nitrogens with one attached hydrogen (secondary N) is 2. The normalized spacial score (nSPS) is 14.8. The van der Waals surface area contributed by atoms with Crippen molar-refractivity contribution in [2.45, 2.75) is 58.5 Å². The molecule has 1 aliphatic rings. The van der Waals surface area contributed by atoms with E-state index in [9.17, 15) is 23.0 Å². The first-order chi connectivity index (χ1) is 21.5. The summed E-state index contributed by atoms with van der Waals surface area (Å²) in [5.74, 6) is -0.367. The topological polar surface area (TPSA) is 114 Å². The van der Waals surface area contributed by atoms with Crippen LogP contribution in [0.2, 0.25) is 0 Å². The Labute approximate surface area is 267 Å². The van der Waals surface area contributed by atoms with Gasteiger partial charge in [0.05, 0.1) is 11.0 Å². The predicted molar refractivity (Wildman–Crippen MR) is 180 cm³/mol. The van der Waals surface area contributed by atoms with Gasteiger partial charge in [0.15, 0.2) is 11.6 Å². The first-order valence-electron chi connectivity index (χ1n) is 15.2. The van der Waals surface area contributed by atoms with E-state index in [1.165, 1.54) is 12.3 Å². The van der Waals surface area contributed by atoms with Gasteiger partial charge in [-0.25, -0.2) is 18.1 Å². The average molecular weight is 642 g/mol. The van der Waals surface area contributed by atoms with E-state index in [-0.39, 0.29) is 11.9 Å². The van der Waals surface area contributed by atoms with Crippen LogP contribution in [0.1, 0.15) is 59.1 Å². The van der Waals surface area contributed by atoms with Gasteiger partial charge in [-0.3, -0.25) is 9.11 Å². The number of aliphatic hydroxyl groups excluding tert-OH is 1. The highest BCUT2D eigenvalue weighted by Gasteiger charge is 2.32. The molecule has 0 bridgehead atoms. The summed E-state index contributed by atoms with van der Waals surface area (Å²) in [6, 6.07) is 21.3. The number of hydrogen-bond acceptors (Lipinski definition) is 8. The van der Waals surface area contributed by atoms with Crippen LogP contribution in [0.15, 0.2) is 90.0 Å². The fraction of sp³-hybridized carbons (Fsp3) is 0.353. The highest BCUT2D eigenvalue weighted by molar-refractivity contribution is 8.22. The minimum Gasteiger partial charge on any atom is -0.388 e. The minimum atomic E-state index is -3.19. The second kappa shape index (κ2) is 17.2. The molecule has 1 atom stereocenters. The molecule has 0 saturated carbocycles. The smallest absolute Gasteiger partial charge is 0.229 e. The molecule has 244 valence electrons. The zero-order valence-electron chi connectivity index (χ0n) is 26.5. The summed E-state index contributed by atoms with van der Waals surface area (Å²) in [5, 5.41) is 16.7. The lowest BCUT2D eigenvalue weighted by atomic mass is 9.88. The molecule has 5 N–H and O–H groups in total. The van der Waals surface area contributed by atoms with Gasteiger partial charge < -0.3 is 15.7 Å². The second-order valence-electron chi connectivity index (χ2n) is 11.0. The highest BCUT2D eigenvalue weighted by atomic mass is 32.3. The molecular weight excluding hydrogens is 596 g/mol. The first-order valence-corrected chi connectivity index (χ1v) is 16.7. The van der Waals surface area contributed by atoms with Crippen LogP contribution in [0.4, 0.5) is 31.9 Å². The number of aromatic nitrogens is 2. The van der Waals surface area contributed by atoms with Crippen molar-refractivity contribution in [3.05, 3.63) is 102 Å². The molecule has 1 unspecified atom stereocenters. The van der Waals surface area contributed by atoms with E-state index in [1.54, 1.807) is 34.6 Å². The molecule has 11 heteroatoms. The molecule has 2 heterocycles. The van der Waals surface area contributed by atoms with E-state index in [0.29, 0.717) is 48.0 Å². The number of piperidine rings is 1. The standard InChI is InChI=1S/C28H29F2N5O3S.C4H10.C2H6/c29-24-11-8-22(18-25(24)30)32-26-12-15-31-28(34-26)33-21-6-9-23(10-7-21)39(37,38)35-16-13-20(14-17-35)27(36)19-4-2-1-3-5-19;1-4(2)3;1-2/h1-12,15,18,20,27,36-38H,13-14,16-17H2,(H2,31,32,33,34);4H,1-3H3;1-2H3. The lowest BCUT2D eigenvalue weighted by Crippen LogP contribution is -2.37. The van der Waals surface area contributed by atoms with Gasteiger partial charge in [0.1, 0.15) is 5.82 Å². The summed E-state index contributed by atoms with van der Waals surface area (Å²) >= 11 is 0. The van der Waals surface area contributed by atoms with E-state index in [4.69, 9.17) is 0 Å². The fourth-order valence-electron chi connectivity index (χ4n) is 4.58. The van der Waals surface area contributed by atoms with Crippen molar-refractivity contribution >= 4 is 33.9 Å². The van der Waals surface area contributed by atoms with Gasteiger partial charge in [-0.05, 0) is 72.7 Å². The van der Waals surface area contributed by atoms with Crippen molar-refractivity contribution in [1.82, 2.24) is 14.3 Å². The van der Waals surface area contributed by atoms with Crippen molar-refractivity contribution in [2.24, 2.45) is 11.8 Å². The quantitative estimate of drug-likeness (QED) is 0.129. The Bertz CT molecular complexity index is 1450. The molecule has 0 radical (unpaired) electrons. The number of benzene rings is 3. The Morgan fingerprint density at radius 3 is 2.02 bits per heavy atom. The third kappa shape index (κ3) is 10.5. The van der Waals surface area contributed by atoms with Gasteiger partial charge in [0, 0.05) is 36.7 Å². The van der Waals surface area contributed by atoms with Gasteiger partial charge in [-0.2, -0.15) is 4.98 Å². The van der Waals surface area contributed by atoms with E-state index >= 15 is 0 Å². The Hall–Kier alpha value is -3.61. The number of hydrogen-bond donors (Lipinski definition) is 5. The van der Waals surface area contributed by atoms with Crippen LogP contribution in [-0.2, 0) is 0 Å². The molecule has 5 rings (SSSR count). The van der Waals surface area contributed by atoms with Crippen molar-refractivity contribution in [3.63, 3.8) is 0 Å². The van der Waals surface area contributed by atoms with Crippen LogP contribution >= 0.6 is 10.8 Å². The largest absolute Gasteiger partial charge is 0.388 e. The molecule has 0 spiro atoms. The van der Waals surface area contributed by atoms with Crippen LogP contribution in [-0.4, -0.2) is 41.6 Å². The summed E-state index contributed by atoms with van der Waals surface area (Å²) in [7, 11) is -3.19. The van der Waals surface area contributed by atoms with Crippen LogP contribution in [0.25, 0.3) is 0 Å². The van der Waals surface area contributed by atoms with Crippen molar-refractivity contribution in [2.75, 3.05) is 23.7 Å². The molecule has 3 aromatic carbocycles. The molecule has 4 aromatic rings. The summed E-state index contributed by atoms with van der Waals surface area (Å²) < 4.78 is 50.4. The van der Waals surface area contributed by atoms with Gasteiger partial charge in [0.2, 0.25) is 5.95 Å². The van der Waals surface area contributed by atoms with Gasteiger partial charge in [0.25, 0.3) is 0 Å². The molecule has 0 aliphatic carbocycles. The van der Waals surface area contributed by atoms with Crippen LogP contribution < -0.4 is 10.6 Å². The average Bonchev–Trinajstić information content (AvgIpc) is 3.04. The maximum Gasteiger partial charge on any atom is 0.229 e. The molecule has 1 aromatic heterocycles. The molecule has 8 nitrogen and oxygen atoms in total. The zero-order chi connectivity index (χ0) is 33.0. The Balaban J connectivity index is 0.000000853. The summed E-state index contributed by atoms with van der Waals surface area (Å²) in [4.78, 5) is 8.90. The first kappa shape index (κ1) is 35.9. The monoisotopic (exact) mass is 641 g/mol. The lowest BCUT2D eigenvalue weighted by Gasteiger charge is -2.46. The van der Waals surface area contributed by atoms with Gasteiger partial charge in [-0.1, -0.05) is 65.0 Å². The number of rotatable bonds is 8.